The van der Waals surface area contributed by atoms with E-state index in [4.69, 9.17) is 0 Å². The summed E-state index contributed by atoms with van der Waals surface area (Å²) in [6, 6.07) is 23.7. The Labute approximate surface area is 337 Å². The van der Waals surface area contributed by atoms with Crippen LogP contribution in [-0.4, -0.2) is 0 Å². The molecular formula is C46H24F12P2. The van der Waals surface area contributed by atoms with Crippen LogP contribution in [0.15, 0.2) is 121 Å². The van der Waals surface area contributed by atoms with Crippen LogP contribution in [0.2, 0.25) is 0 Å². The Morgan fingerprint density at radius 1 is 0.300 bits per heavy atom. The molecule has 2 unspecified atom stereocenters. The van der Waals surface area contributed by atoms with Crippen molar-refractivity contribution in [3.05, 3.63) is 225 Å². The van der Waals surface area contributed by atoms with Crippen LogP contribution in [0, 0.1) is 69.8 Å². The predicted molar refractivity (Wildman–Crippen MR) is 211 cm³/mol. The van der Waals surface area contributed by atoms with Crippen molar-refractivity contribution in [3.8, 4) is 11.1 Å². The van der Waals surface area contributed by atoms with Gasteiger partial charge < -0.3 is 0 Å². The molecule has 8 rings (SSSR count). The Hall–Kier alpha value is -5.70. The lowest BCUT2D eigenvalue weighted by Gasteiger charge is -2.38. The normalized spacial score (nSPS) is 12.2. The first kappa shape index (κ1) is 41.1. The van der Waals surface area contributed by atoms with Gasteiger partial charge in [0.25, 0.3) is 0 Å². The fourth-order valence-corrected chi connectivity index (χ4v) is 8.97. The molecule has 8 aromatic carbocycles. The molecule has 0 heterocycles. The van der Waals surface area contributed by atoms with Gasteiger partial charge >= 0.3 is 0 Å². The van der Waals surface area contributed by atoms with Crippen molar-refractivity contribution >= 4 is 40.0 Å². The molecule has 2 atom stereocenters. The van der Waals surface area contributed by atoms with Crippen LogP contribution in [0.1, 0.15) is 33.4 Å². The summed E-state index contributed by atoms with van der Waals surface area (Å²) in [4.78, 5) is 0. The zero-order chi connectivity index (χ0) is 43.0. The highest BCUT2D eigenvalue weighted by Gasteiger charge is 2.42. The molecule has 0 saturated heterocycles. The van der Waals surface area contributed by atoms with E-state index < -0.39 is 102 Å². The lowest BCUT2D eigenvalue weighted by Crippen LogP contribution is -2.27. The molecule has 0 nitrogen and oxygen atoms in total. The van der Waals surface area contributed by atoms with E-state index in [1.165, 1.54) is 12.1 Å². The summed E-state index contributed by atoms with van der Waals surface area (Å²) in [7, 11) is 4.57. The van der Waals surface area contributed by atoms with E-state index in [0.29, 0.717) is 70.1 Å². The highest BCUT2D eigenvalue weighted by molar-refractivity contribution is 7.19. The third kappa shape index (κ3) is 6.43. The maximum Gasteiger partial charge on any atom is 0.194 e. The fraction of sp³-hybridized carbons (Fsp3) is 0.0435. The monoisotopic (exact) mass is 866 g/mol. The van der Waals surface area contributed by atoms with Crippen LogP contribution in [0.3, 0.4) is 0 Å². The molecule has 302 valence electrons. The van der Waals surface area contributed by atoms with Crippen molar-refractivity contribution in [1.29, 1.82) is 0 Å². The summed E-state index contributed by atoms with van der Waals surface area (Å²) in [5.74, 6) is -21.1. The molecule has 0 radical (unpaired) electrons. The van der Waals surface area contributed by atoms with Crippen molar-refractivity contribution in [2.45, 2.75) is 10.3 Å². The van der Waals surface area contributed by atoms with Crippen LogP contribution in [0.5, 0.6) is 0 Å². The minimum absolute atomic E-state index is 0.0556. The maximum absolute atomic E-state index is 15.3. The second kappa shape index (κ2) is 15.1. The molecule has 0 fully saturated rings. The molecule has 0 saturated carbocycles. The molecule has 0 N–H and O–H groups in total. The van der Waals surface area contributed by atoms with Gasteiger partial charge in [0.15, 0.2) is 69.8 Å². The van der Waals surface area contributed by atoms with Crippen LogP contribution < -0.4 is 0 Å². The van der Waals surface area contributed by atoms with Gasteiger partial charge in [-0.2, -0.15) is 0 Å². The lowest BCUT2D eigenvalue weighted by molar-refractivity contribution is 0.441. The van der Waals surface area contributed by atoms with E-state index in [0.717, 1.165) is 0 Å². The van der Waals surface area contributed by atoms with Crippen molar-refractivity contribution in [3.63, 3.8) is 0 Å². The van der Waals surface area contributed by atoms with Crippen molar-refractivity contribution in [2.24, 2.45) is 0 Å². The van der Waals surface area contributed by atoms with Gasteiger partial charge in [-0.25, -0.2) is 52.7 Å². The van der Waals surface area contributed by atoms with Gasteiger partial charge in [0, 0.05) is 0 Å². The van der Waals surface area contributed by atoms with Crippen LogP contribution in [-0.2, 0) is 10.3 Å². The number of halogens is 12. The molecule has 14 heteroatoms. The summed E-state index contributed by atoms with van der Waals surface area (Å²) in [6.45, 7) is 0. The largest absolute Gasteiger partial charge is 0.204 e. The number of rotatable bonds is 7. The average Bonchev–Trinajstić information content (AvgIpc) is 3.23. The fourth-order valence-electron chi connectivity index (χ4n) is 7.83. The maximum atomic E-state index is 15.3. The number of benzene rings is 8. The first-order valence-corrected chi connectivity index (χ1v) is 18.8. The van der Waals surface area contributed by atoms with Gasteiger partial charge in [-0.05, 0) is 115 Å². The molecule has 0 aliphatic carbocycles. The van der Waals surface area contributed by atoms with E-state index >= 15 is 35.1 Å². The standard InChI is InChI=1S/C46H24F12P2/c47-31-13-23(14-32(48)41(31)55)45(59,24-15-33(49)42(56)34(50)16-24)29-11-9-21-5-1-3-7-27(21)39(29)40-28-8-4-2-6-22(28)10-12-30(40)46(60,25-17-35(51)43(57)36(52)18-25)26-19-37(53)44(58)38(54)20-26/h1-20H,59-60H2. The summed E-state index contributed by atoms with van der Waals surface area (Å²) in [5, 5.41) is -2.89. The molecule has 0 spiro atoms. The third-order valence-corrected chi connectivity index (χ3v) is 12.7. The molecular weight excluding hydrogens is 842 g/mol. The van der Waals surface area contributed by atoms with E-state index in [1.54, 1.807) is 60.7 Å². The van der Waals surface area contributed by atoms with Gasteiger partial charge in [0.2, 0.25) is 0 Å². The number of hydrogen-bond donors (Lipinski definition) is 0. The lowest BCUT2D eigenvalue weighted by atomic mass is 9.74. The molecule has 0 amide bonds. The van der Waals surface area contributed by atoms with E-state index in [2.05, 4.69) is 18.5 Å². The predicted octanol–water partition coefficient (Wildman–Crippen LogP) is 13.7. The third-order valence-electron chi connectivity index (χ3n) is 10.7. The number of fused-ring (bicyclic) bond motifs is 2. The first-order valence-electron chi connectivity index (χ1n) is 17.7. The van der Waals surface area contributed by atoms with Gasteiger partial charge in [-0.1, -0.05) is 72.8 Å². The van der Waals surface area contributed by atoms with E-state index in [-0.39, 0.29) is 22.3 Å². The Balaban J connectivity index is 1.62. The Morgan fingerprint density at radius 2 is 0.533 bits per heavy atom. The summed E-state index contributed by atoms with van der Waals surface area (Å²) >= 11 is 0. The van der Waals surface area contributed by atoms with Gasteiger partial charge in [-0.15, -0.1) is 18.5 Å². The first-order chi connectivity index (χ1) is 28.5. The zero-order valence-corrected chi connectivity index (χ0v) is 32.5. The Morgan fingerprint density at radius 3 is 0.783 bits per heavy atom. The van der Waals surface area contributed by atoms with Crippen molar-refractivity contribution < 1.29 is 52.7 Å². The van der Waals surface area contributed by atoms with Crippen LogP contribution in [0.4, 0.5) is 52.7 Å². The molecule has 0 aromatic heterocycles. The second-order valence-electron chi connectivity index (χ2n) is 14.1. The average molecular weight is 867 g/mol. The molecule has 60 heavy (non-hydrogen) atoms. The molecule has 0 aliphatic heterocycles. The second-order valence-corrected chi connectivity index (χ2v) is 15.8. The van der Waals surface area contributed by atoms with Crippen LogP contribution in [0.25, 0.3) is 32.7 Å². The molecule has 0 bridgehead atoms. The smallest absolute Gasteiger partial charge is 0.194 e. The highest BCUT2D eigenvalue weighted by atomic mass is 31.0. The molecule has 0 aliphatic rings. The number of hydrogen-bond acceptors (Lipinski definition) is 0. The minimum Gasteiger partial charge on any atom is -0.204 e. The Bertz CT molecular complexity index is 2660. The Kier molecular flexibility index (Phi) is 10.3. The zero-order valence-electron chi connectivity index (χ0n) is 30.2. The quantitative estimate of drug-likeness (QED) is 0.0648. The van der Waals surface area contributed by atoms with E-state index in [9.17, 15) is 17.6 Å². The van der Waals surface area contributed by atoms with Gasteiger partial charge in [0.05, 0.1) is 10.3 Å². The summed E-state index contributed by atoms with van der Waals surface area (Å²) in [5.41, 5.74) is -1.76. The summed E-state index contributed by atoms with van der Waals surface area (Å²) < 4.78 is 181. The van der Waals surface area contributed by atoms with Gasteiger partial charge in [0.1, 0.15) is 0 Å². The van der Waals surface area contributed by atoms with Gasteiger partial charge in [-0.3, -0.25) is 0 Å². The van der Waals surface area contributed by atoms with Crippen molar-refractivity contribution in [1.82, 2.24) is 0 Å². The SMILES string of the molecule is Fc1cc(C(P)(c2cc(F)c(F)c(F)c2)c2ccc3ccccc3c2-c2c(C(P)(c3cc(F)c(F)c(F)c3)c3cc(F)c(F)c(F)c3)ccc3ccccc23)cc(F)c1F. The highest BCUT2D eigenvalue weighted by Crippen LogP contribution is 2.56. The minimum atomic E-state index is -2.23. The topological polar surface area (TPSA) is 0 Å². The van der Waals surface area contributed by atoms with Crippen LogP contribution >= 0.6 is 18.5 Å². The summed E-state index contributed by atoms with van der Waals surface area (Å²) in [6.07, 6.45) is 0. The molecule has 8 aromatic rings. The van der Waals surface area contributed by atoms with E-state index in [1.807, 2.05) is 0 Å². The van der Waals surface area contributed by atoms with Crippen molar-refractivity contribution in [2.75, 3.05) is 0 Å².